The number of hydrogen-bond donors (Lipinski definition) is 2. The van der Waals surface area contributed by atoms with E-state index in [0.717, 1.165) is 22.5 Å². The van der Waals surface area contributed by atoms with Crippen molar-refractivity contribution in [2.24, 2.45) is 0 Å². The summed E-state index contributed by atoms with van der Waals surface area (Å²) in [6.07, 6.45) is 3.43. The number of hydrogen-bond acceptors (Lipinski definition) is 3. The predicted molar refractivity (Wildman–Crippen MR) is 110 cm³/mol. The topological polar surface area (TPSA) is 50.4 Å². The Balaban J connectivity index is 1.39. The maximum Gasteiger partial charge on any atom is 0.407 e. The molecule has 0 aromatic heterocycles. The lowest BCUT2D eigenvalue weighted by Gasteiger charge is -2.06. The Hall–Kier alpha value is -3.53. The molecule has 0 aliphatic rings. The van der Waals surface area contributed by atoms with Gasteiger partial charge in [0.15, 0.2) is 0 Å². The third-order valence-corrected chi connectivity index (χ3v) is 3.86. The van der Waals surface area contributed by atoms with Gasteiger partial charge < -0.3 is 15.4 Å². The summed E-state index contributed by atoms with van der Waals surface area (Å²) in [5.41, 5.74) is 4.11. The van der Waals surface area contributed by atoms with Crippen molar-refractivity contribution < 1.29 is 9.53 Å². The largest absolute Gasteiger partial charge is 0.445 e. The Kier molecular flexibility index (Phi) is 6.65. The molecule has 4 nitrogen and oxygen atoms in total. The van der Waals surface area contributed by atoms with E-state index in [1.54, 1.807) is 0 Å². The van der Waals surface area contributed by atoms with Gasteiger partial charge in [0.1, 0.15) is 6.61 Å². The number of nitrogens with one attached hydrogen (secondary N) is 2. The van der Waals surface area contributed by atoms with Crippen LogP contribution in [0.5, 0.6) is 0 Å². The number of carbonyl (C=O) groups excluding carboxylic acids is 1. The molecule has 2 N–H and O–H groups in total. The molecule has 0 heterocycles. The van der Waals surface area contributed by atoms with Gasteiger partial charge in [-0.2, -0.15) is 0 Å². The Morgan fingerprint density at radius 1 is 0.815 bits per heavy atom. The zero-order valence-electron chi connectivity index (χ0n) is 15.0. The number of alkyl carbamates (subject to hydrolysis) is 1. The Labute approximate surface area is 159 Å². The summed E-state index contributed by atoms with van der Waals surface area (Å²) in [7, 11) is 0. The zero-order chi connectivity index (χ0) is 18.7. The molecule has 3 aromatic rings. The monoisotopic (exact) mass is 358 g/mol. The van der Waals surface area contributed by atoms with Crippen LogP contribution in [0.4, 0.5) is 16.2 Å². The van der Waals surface area contributed by atoms with Crippen molar-refractivity contribution in [1.82, 2.24) is 5.32 Å². The molecular formula is C23H22N2O2. The minimum atomic E-state index is -0.425. The van der Waals surface area contributed by atoms with Crippen molar-refractivity contribution in [3.63, 3.8) is 0 Å². The first kappa shape index (κ1) is 18.3. The normalized spacial score (nSPS) is 10.5. The summed E-state index contributed by atoms with van der Waals surface area (Å²) in [6.45, 7) is 0.684. The van der Waals surface area contributed by atoms with Crippen LogP contribution >= 0.6 is 0 Å². The molecule has 0 aliphatic carbocycles. The molecule has 0 saturated heterocycles. The van der Waals surface area contributed by atoms with E-state index >= 15 is 0 Å². The number of carbonyl (C=O) groups is 1. The van der Waals surface area contributed by atoms with Crippen LogP contribution in [0.25, 0.3) is 6.08 Å². The van der Waals surface area contributed by atoms with Crippen molar-refractivity contribution in [3.05, 3.63) is 102 Å². The molecule has 4 heteroatoms. The number of ether oxygens (including phenoxy) is 1. The first-order valence-electron chi connectivity index (χ1n) is 8.83. The molecule has 0 fully saturated rings. The molecule has 3 aromatic carbocycles. The maximum absolute atomic E-state index is 11.7. The fraction of sp³-hybridized carbons (Fsp3) is 0.0870. The average Bonchev–Trinajstić information content (AvgIpc) is 2.72. The number of amides is 1. The number of anilines is 2. The third-order valence-electron chi connectivity index (χ3n) is 3.86. The van der Waals surface area contributed by atoms with Gasteiger partial charge in [-0.1, -0.05) is 72.8 Å². The first-order valence-corrected chi connectivity index (χ1v) is 8.83. The lowest BCUT2D eigenvalue weighted by Crippen LogP contribution is -2.24. The van der Waals surface area contributed by atoms with E-state index in [9.17, 15) is 4.79 Å². The third kappa shape index (κ3) is 6.36. The van der Waals surface area contributed by atoms with Crippen LogP contribution in [0.1, 0.15) is 11.1 Å². The molecule has 136 valence electrons. The van der Waals surface area contributed by atoms with E-state index in [4.69, 9.17) is 4.74 Å². The van der Waals surface area contributed by atoms with Crippen LogP contribution in [0.3, 0.4) is 0 Å². The van der Waals surface area contributed by atoms with Crippen LogP contribution in [-0.4, -0.2) is 12.6 Å². The second-order valence-corrected chi connectivity index (χ2v) is 5.96. The smallest absolute Gasteiger partial charge is 0.407 e. The number of rotatable bonds is 7. The van der Waals surface area contributed by atoms with Crippen LogP contribution in [0.15, 0.2) is 91.0 Å². The molecule has 0 spiro atoms. The molecule has 0 radical (unpaired) electrons. The molecule has 27 heavy (non-hydrogen) atoms. The van der Waals surface area contributed by atoms with Crippen LogP contribution < -0.4 is 10.6 Å². The zero-order valence-corrected chi connectivity index (χ0v) is 15.0. The van der Waals surface area contributed by atoms with Gasteiger partial charge in [-0.3, -0.25) is 0 Å². The van der Waals surface area contributed by atoms with Crippen molar-refractivity contribution in [1.29, 1.82) is 0 Å². The molecular weight excluding hydrogens is 336 g/mol. The van der Waals surface area contributed by atoms with E-state index < -0.39 is 6.09 Å². The molecule has 0 bridgehead atoms. The summed E-state index contributed by atoms with van der Waals surface area (Å²) in [4.78, 5) is 11.7. The quantitative estimate of drug-likeness (QED) is 0.597. The van der Waals surface area contributed by atoms with Gasteiger partial charge in [0.05, 0.1) is 0 Å². The average molecular weight is 358 g/mol. The van der Waals surface area contributed by atoms with Crippen LogP contribution in [0, 0.1) is 0 Å². The Bertz CT molecular complexity index is 860. The fourth-order valence-electron chi connectivity index (χ4n) is 2.48. The standard InChI is InChI=1S/C23H22N2O2/c26-23(27-18-20-8-3-1-4-9-20)24-17-7-10-19-13-15-22(16-14-19)25-21-11-5-2-6-12-21/h1-16,25H,17-18H2,(H,24,26). The number of benzene rings is 3. The maximum atomic E-state index is 11.7. The van der Waals surface area contributed by atoms with Gasteiger partial charge >= 0.3 is 6.09 Å². The highest BCUT2D eigenvalue weighted by atomic mass is 16.5. The van der Waals surface area contributed by atoms with Crippen molar-refractivity contribution in [2.45, 2.75) is 6.61 Å². The van der Waals surface area contributed by atoms with Gasteiger partial charge in [-0.05, 0) is 35.4 Å². The van der Waals surface area contributed by atoms with E-state index in [1.807, 2.05) is 97.1 Å². The molecule has 3 rings (SSSR count). The van der Waals surface area contributed by atoms with Crippen LogP contribution in [0.2, 0.25) is 0 Å². The van der Waals surface area contributed by atoms with Gasteiger partial charge in [-0.25, -0.2) is 4.79 Å². The minimum Gasteiger partial charge on any atom is -0.445 e. The first-order chi connectivity index (χ1) is 13.3. The summed E-state index contributed by atoms with van der Waals surface area (Å²) in [6, 6.07) is 27.7. The van der Waals surface area contributed by atoms with Crippen molar-refractivity contribution >= 4 is 23.5 Å². The molecule has 0 atom stereocenters. The van der Waals surface area contributed by atoms with E-state index in [-0.39, 0.29) is 6.61 Å². The SMILES string of the molecule is O=C(NCC=Cc1ccc(Nc2ccccc2)cc1)OCc1ccccc1. The van der Waals surface area contributed by atoms with E-state index in [2.05, 4.69) is 10.6 Å². The van der Waals surface area contributed by atoms with Gasteiger partial charge in [0, 0.05) is 17.9 Å². The second-order valence-electron chi connectivity index (χ2n) is 5.96. The minimum absolute atomic E-state index is 0.270. The van der Waals surface area contributed by atoms with E-state index in [1.165, 1.54) is 0 Å². The summed E-state index contributed by atoms with van der Waals surface area (Å²) in [5.74, 6) is 0. The van der Waals surface area contributed by atoms with Crippen molar-refractivity contribution in [2.75, 3.05) is 11.9 Å². The second kappa shape index (κ2) is 9.82. The van der Waals surface area contributed by atoms with Crippen molar-refractivity contribution in [3.8, 4) is 0 Å². The molecule has 0 aliphatic heterocycles. The highest BCUT2D eigenvalue weighted by molar-refractivity contribution is 5.67. The van der Waals surface area contributed by atoms with Gasteiger partial charge in [0.25, 0.3) is 0 Å². The lowest BCUT2D eigenvalue weighted by molar-refractivity contribution is 0.141. The molecule has 0 saturated carbocycles. The summed E-state index contributed by atoms with van der Waals surface area (Å²) >= 11 is 0. The Morgan fingerprint density at radius 2 is 1.44 bits per heavy atom. The molecule has 1 amide bonds. The molecule has 0 unspecified atom stereocenters. The Morgan fingerprint density at radius 3 is 2.15 bits per heavy atom. The highest BCUT2D eigenvalue weighted by Gasteiger charge is 2.00. The fourth-order valence-corrected chi connectivity index (χ4v) is 2.48. The van der Waals surface area contributed by atoms with Gasteiger partial charge in [0.2, 0.25) is 0 Å². The number of para-hydroxylation sites is 1. The van der Waals surface area contributed by atoms with Crippen LogP contribution in [-0.2, 0) is 11.3 Å². The summed E-state index contributed by atoms with van der Waals surface area (Å²) in [5, 5.41) is 6.05. The summed E-state index contributed by atoms with van der Waals surface area (Å²) < 4.78 is 5.16. The van der Waals surface area contributed by atoms with Gasteiger partial charge in [-0.15, -0.1) is 0 Å². The lowest BCUT2D eigenvalue weighted by atomic mass is 10.2. The predicted octanol–water partition coefficient (Wildman–Crippen LogP) is 5.37. The highest BCUT2D eigenvalue weighted by Crippen LogP contribution is 2.17. The van der Waals surface area contributed by atoms with E-state index in [0.29, 0.717) is 6.54 Å².